The first-order valence-electron chi connectivity index (χ1n) is 5.61. The van der Waals surface area contributed by atoms with Crippen LogP contribution < -0.4 is 10.5 Å². The van der Waals surface area contributed by atoms with Crippen LogP contribution in [0.3, 0.4) is 0 Å². The van der Waals surface area contributed by atoms with E-state index in [1.165, 1.54) is 6.20 Å². The molecular formula is C13H9BrF3N3O. The standard InChI is InChI=1S/C13H9BrF3N3O/c14-7-3-9(6-20-5-7)21-8-1-2-11(13(15,16)17)10(4-8)12(18)19/h1-6H,(H3,18,19). The van der Waals surface area contributed by atoms with Crippen LogP contribution in [0.15, 0.2) is 41.1 Å². The van der Waals surface area contributed by atoms with Crippen molar-refractivity contribution in [2.45, 2.75) is 6.18 Å². The highest BCUT2D eigenvalue weighted by Crippen LogP contribution is 2.34. The van der Waals surface area contributed by atoms with Gasteiger partial charge in [0.2, 0.25) is 0 Å². The Morgan fingerprint density at radius 1 is 1.19 bits per heavy atom. The molecule has 0 aliphatic heterocycles. The zero-order chi connectivity index (χ0) is 15.6. The summed E-state index contributed by atoms with van der Waals surface area (Å²) in [6.45, 7) is 0. The SMILES string of the molecule is N=C(N)c1cc(Oc2cncc(Br)c2)ccc1C(F)(F)F. The summed E-state index contributed by atoms with van der Waals surface area (Å²) in [5.41, 5.74) is 3.80. The molecule has 8 heteroatoms. The highest BCUT2D eigenvalue weighted by Gasteiger charge is 2.34. The third-order valence-corrected chi connectivity index (χ3v) is 2.94. The summed E-state index contributed by atoms with van der Waals surface area (Å²) in [5, 5.41) is 7.27. The normalized spacial score (nSPS) is 11.2. The Kier molecular flexibility index (Phi) is 4.17. The van der Waals surface area contributed by atoms with E-state index in [9.17, 15) is 13.2 Å². The highest BCUT2D eigenvalue weighted by atomic mass is 79.9. The van der Waals surface area contributed by atoms with Crippen molar-refractivity contribution >= 4 is 21.8 Å². The Morgan fingerprint density at radius 3 is 2.48 bits per heavy atom. The molecule has 0 unspecified atom stereocenters. The van der Waals surface area contributed by atoms with Crippen molar-refractivity contribution in [2.75, 3.05) is 0 Å². The number of hydrogen-bond acceptors (Lipinski definition) is 3. The molecule has 2 aromatic rings. The van der Waals surface area contributed by atoms with Gasteiger partial charge < -0.3 is 10.5 Å². The third-order valence-electron chi connectivity index (χ3n) is 2.50. The lowest BCUT2D eigenvalue weighted by atomic mass is 10.1. The molecule has 1 aromatic carbocycles. The average molecular weight is 360 g/mol. The number of pyridine rings is 1. The lowest BCUT2D eigenvalue weighted by Crippen LogP contribution is -2.18. The number of halogens is 4. The van der Waals surface area contributed by atoms with Gasteiger partial charge in [-0.25, -0.2) is 0 Å². The van der Waals surface area contributed by atoms with Crippen LogP contribution in [0.25, 0.3) is 0 Å². The van der Waals surface area contributed by atoms with Gasteiger partial charge in [0, 0.05) is 16.2 Å². The van der Waals surface area contributed by atoms with Gasteiger partial charge in [-0.1, -0.05) is 0 Å². The maximum Gasteiger partial charge on any atom is 0.417 e. The van der Waals surface area contributed by atoms with E-state index in [1.54, 1.807) is 12.3 Å². The van der Waals surface area contributed by atoms with E-state index >= 15 is 0 Å². The molecule has 0 aliphatic carbocycles. The highest BCUT2D eigenvalue weighted by molar-refractivity contribution is 9.10. The maximum absolute atomic E-state index is 12.8. The second kappa shape index (κ2) is 5.72. The first kappa shape index (κ1) is 15.3. The van der Waals surface area contributed by atoms with Crippen LogP contribution in [-0.2, 0) is 6.18 Å². The molecule has 0 saturated heterocycles. The van der Waals surface area contributed by atoms with E-state index in [0.29, 0.717) is 10.2 Å². The number of nitrogens with zero attached hydrogens (tertiary/aromatic N) is 1. The van der Waals surface area contributed by atoms with Crippen molar-refractivity contribution in [1.82, 2.24) is 4.98 Å². The Labute approximate surface area is 126 Å². The van der Waals surface area contributed by atoms with Crippen LogP contribution in [0.4, 0.5) is 13.2 Å². The summed E-state index contributed by atoms with van der Waals surface area (Å²) in [6, 6.07) is 4.68. The summed E-state index contributed by atoms with van der Waals surface area (Å²) < 4.78 is 44.5. The van der Waals surface area contributed by atoms with Crippen LogP contribution in [-0.4, -0.2) is 10.8 Å². The molecule has 1 heterocycles. The summed E-state index contributed by atoms with van der Waals surface area (Å²) in [5.74, 6) is -0.202. The number of benzene rings is 1. The van der Waals surface area contributed by atoms with Crippen molar-refractivity contribution in [3.8, 4) is 11.5 Å². The number of hydrogen-bond donors (Lipinski definition) is 2. The number of nitrogens with one attached hydrogen (secondary N) is 1. The smallest absolute Gasteiger partial charge is 0.417 e. The molecule has 0 saturated carbocycles. The summed E-state index contributed by atoms with van der Waals surface area (Å²) >= 11 is 3.21. The van der Waals surface area contributed by atoms with Crippen LogP contribution in [0, 0.1) is 5.41 Å². The number of ether oxygens (including phenoxy) is 1. The largest absolute Gasteiger partial charge is 0.456 e. The van der Waals surface area contributed by atoms with Gasteiger partial charge in [0.1, 0.15) is 17.3 Å². The number of amidine groups is 1. The van der Waals surface area contributed by atoms with Gasteiger partial charge in [0.15, 0.2) is 0 Å². The molecule has 2 rings (SSSR count). The van der Waals surface area contributed by atoms with Crippen molar-refractivity contribution in [3.63, 3.8) is 0 Å². The van der Waals surface area contributed by atoms with Gasteiger partial charge in [-0.15, -0.1) is 0 Å². The second-order valence-corrected chi connectivity index (χ2v) is 4.98. The van der Waals surface area contributed by atoms with E-state index in [2.05, 4.69) is 20.9 Å². The van der Waals surface area contributed by atoms with Gasteiger partial charge >= 0.3 is 6.18 Å². The molecule has 0 aliphatic rings. The molecule has 0 amide bonds. The van der Waals surface area contributed by atoms with Gasteiger partial charge in [-0.2, -0.15) is 13.2 Å². The van der Waals surface area contributed by atoms with E-state index in [-0.39, 0.29) is 5.75 Å². The van der Waals surface area contributed by atoms with Crippen molar-refractivity contribution in [3.05, 3.63) is 52.3 Å². The number of nitrogen functional groups attached to an aromatic ring is 1. The minimum atomic E-state index is -4.59. The molecule has 21 heavy (non-hydrogen) atoms. The fourth-order valence-corrected chi connectivity index (χ4v) is 1.98. The first-order chi connectivity index (χ1) is 9.77. The van der Waals surface area contributed by atoms with Crippen LogP contribution in [0.1, 0.15) is 11.1 Å². The monoisotopic (exact) mass is 359 g/mol. The first-order valence-corrected chi connectivity index (χ1v) is 6.40. The predicted octanol–water partition coefficient (Wildman–Crippen LogP) is 3.94. The molecule has 0 atom stereocenters. The lowest BCUT2D eigenvalue weighted by Gasteiger charge is -2.13. The quantitative estimate of drug-likeness (QED) is 0.643. The average Bonchev–Trinajstić information content (AvgIpc) is 2.37. The Morgan fingerprint density at radius 2 is 1.90 bits per heavy atom. The molecule has 4 nitrogen and oxygen atoms in total. The second-order valence-electron chi connectivity index (χ2n) is 4.06. The van der Waals surface area contributed by atoms with Crippen molar-refractivity contribution < 1.29 is 17.9 Å². The van der Waals surface area contributed by atoms with E-state index < -0.39 is 23.1 Å². The lowest BCUT2D eigenvalue weighted by molar-refractivity contribution is -0.137. The number of rotatable bonds is 3. The molecule has 110 valence electrons. The number of nitrogens with two attached hydrogens (primary N) is 1. The number of alkyl halides is 3. The third kappa shape index (κ3) is 3.72. The Hall–Kier alpha value is -2.09. The Bertz CT molecular complexity index is 689. The summed E-state index contributed by atoms with van der Waals surface area (Å²) in [4.78, 5) is 3.88. The molecular weight excluding hydrogens is 351 g/mol. The van der Waals surface area contributed by atoms with Gasteiger partial charge in [0.05, 0.1) is 11.8 Å². The molecule has 3 N–H and O–H groups in total. The fraction of sp³-hybridized carbons (Fsp3) is 0.0769. The van der Waals surface area contributed by atoms with E-state index in [1.807, 2.05) is 0 Å². The summed E-state index contributed by atoms with van der Waals surface area (Å²) in [6.07, 6.45) is -1.63. The van der Waals surface area contributed by atoms with Crippen LogP contribution in [0.2, 0.25) is 0 Å². The van der Waals surface area contributed by atoms with Gasteiger partial charge in [-0.05, 0) is 40.2 Å². The van der Waals surface area contributed by atoms with Crippen LogP contribution in [0.5, 0.6) is 11.5 Å². The maximum atomic E-state index is 12.8. The number of aromatic nitrogens is 1. The van der Waals surface area contributed by atoms with E-state index in [0.717, 1.165) is 18.2 Å². The van der Waals surface area contributed by atoms with E-state index in [4.69, 9.17) is 15.9 Å². The van der Waals surface area contributed by atoms with Gasteiger partial charge in [-0.3, -0.25) is 10.4 Å². The van der Waals surface area contributed by atoms with Crippen molar-refractivity contribution in [1.29, 1.82) is 5.41 Å². The molecule has 0 spiro atoms. The zero-order valence-electron chi connectivity index (χ0n) is 10.4. The minimum Gasteiger partial charge on any atom is -0.456 e. The fourth-order valence-electron chi connectivity index (χ4n) is 1.64. The minimum absolute atomic E-state index is 0.132. The van der Waals surface area contributed by atoms with Crippen molar-refractivity contribution in [2.24, 2.45) is 5.73 Å². The molecule has 1 aromatic heterocycles. The zero-order valence-corrected chi connectivity index (χ0v) is 12.0. The molecule has 0 fully saturated rings. The molecule has 0 bridgehead atoms. The Balaban J connectivity index is 2.39. The van der Waals surface area contributed by atoms with Crippen LogP contribution >= 0.6 is 15.9 Å². The molecule has 0 radical (unpaired) electrons. The van der Waals surface area contributed by atoms with Gasteiger partial charge in [0.25, 0.3) is 0 Å². The predicted molar refractivity (Wildman–Crippen MR) is 74.5 cm³/mol. The topological polar surface area (TPSA) is 72.0 Å². The summed E-state index contributed by atoms with van der Waals surface area (Å²) in [7, 11) is 0.